The van der Waals surface area contributed by atoms with E-state index in [2.05, 4.69) is 19.9 Å². The summed E-state index contributed by atoms with van der Waals surface area (Å²) in [5.41, 5.74) is 5.65. The third kappa shape index (κ3) is 2.63. The zero-order chi connectivity index (χ0) is 10.5. The van der Waals surface area contributed by atoms with Crippen molar-refractivity contribution in [1.82, 2.24) is 19.9 Å². The molecule has 0 aliphatic rings. The predicted molar refractivity (Wildman–Crippen MR) is 58.0 cm³/mol. The van der Waals surface area contributed by atoms with Gasteiger partial charge < -0.3 is 5.73 Å². The minimum atomic E-state index is 0.443. The summed E-state index contributed by atoms with van der Waals surface area (Å²) in [4.78, 5) is 16.3. The number of rotatable bonds is 3. The molecule has 0 fully saturated rings. The molecule has 0 aromatic carbocycles. The molecular weight excluding hydrogens is 210 g/mol. The summed E-state index contributed by atoms with van der Waals surface area (Å²) in [6, 6.07) is 1.78. The van der Waals surface area contributed by atoms with Crippen LogP contribution in [-0.4, -0.2) is 19.9 Å². The van der Waals surface area contributed by atoms with Gasteiger partial charge in [0.2, 0.25) is 0 Å². The maximum Gasteiger partial charge on any atom is 0.156 e. The van der Waals surface area contributed by atoms with Crippen molar-refractivity contribution in [2.75, 3.05) is 5.73 Å². The minimum Gasteiger partial charge on any atom is -0.381 e. The van der Waals surface area contributed by atoms with Crippen molar-refractivity contribution in [3.05, 3.63) is 36.7 Å². The van der Waals surface area contributed by atoms with E-state index >= 15 is 0 Å². The van der Waals surface area contributed by atoms with E-state index in [0.717, 1.165) is 5.82 Å². The molecule has 76 valence electrons. The highest BCUT2D eigenvalue weighted by Gasteiger charge is 2.03. The number of nitrogens with two attached hydrogens (primary N) is 1. The zero-order valence-corrected chi connectivity index (χ0v) is 8.68. The van der Waals surface area contributed by atoms with Crippen molar-refractivity contribution in [3.8, 4) is 0 Å². The standard InChI is InChI=1S/C9H9N5S/c10-8-9(14-5-4-13-8)15-6-7-11-2-1-3-12-7/h1-5H,6H2,(H2,10,13). The first-order valence-electron chi connectivity index (χ1n) is 4.31. The van der Waals surface area contributed by atoms with Gasteiger partial charge in [-0.05, 0) is 6.07 Å². The monoisotopic (exact) mass is 219 g/mol. The van der Waals surface area contributed by atoms with Crippen LogP contribution in [0.25, 0.3) is 0 Å². The second-order valence-corrected chi connectivity index (χ2v) is 3.66. The van der Waals surface area contributed by atoms with Crippen LogP contribution in [0.15, 0.2) is 35.9 Å². The van der Waals surface area contributed by atoms with Crippen LogP contribution in [-0.2, 0) is 5.75 Å². The van der Waals surface area contributed by atoms with Gasteiger partial charge >= 0.3 is 0 Å². The van der Waals surface area contributed by atoms with Gasteiger partial charge in [-0.2, -0.15) is 0 Å². The quantitative estimate of drug-likeness (QED) is 0.780. The van der Waals surface area contributed by atoms with E-state index in [0.29, 0.717) is 16.6 Å². The number of hydrogen-bond acceptors (Lipinski definition) is 6. The summed E-state index contributed by atoms with van der Waals surface area (Å²) in [6.45, 7) is 0. The number of aromatic nitrogens is 4. The van der Waals surface area contributed by atoms with E-state index in [1.165, 1.54) is 11.8 Å². The summed E-state index contributed by atoms with van der Waals surface area (Å²) in [5, 5.41) is 0.713. The molecule has 5 nitrogen and oxygen atoms in total. The summed E-state index contributed by atoms with van der Waals surface area (Å²) in [5.74, 6) is 1.84. The third-order valence-corrected chi connectivity index (χ3v) is 2.64. The number of anilines is 1. The molecule has 0 saturated heterocycles. The first-order chi connectivity index (χ1) is 7.36. The Morgan fingerprint density at radius 2 is 1.73 bits per heavy atom. The molecule has 0 atom stereocenters. The average Bonchev–Trinajstić information content (AvgIpc) is 2.29. The molecule has 2 aromatic rings. The Balaban J connectivity index is 2.03. The molecule has 2 N–H and O–H groups in total. The van der Waals surface area contributed by atoms with E-state index < -0.39 is 0 Å². The number of nitrogens with zero attached hydrogens (tertiary/aromatic N) is 4. The normalized spacial score (nSPS) is 10.1. The minimum absolute atomic E-state index is 0.443. The van der Waals surface area contributed by atoms with Crippen LogP contribution in [0.1, 0.15) is 5.82 Å². The van der Waals surface area contributed by atoms with E-state index in [-0.39, 0.29) is 0 Å². The lowest BCUT2D eigenvalue weighted by atomic mass is 10.6. The second-order valence-electron chi connectivity index (χ2n) is 2.70. The Labute approximate surface area is 91.2 Å². The molecule has 0 amide bonds. The van der Waals surface area contributed by atoms with E-state index in [1.54, 1.807) is 30.9 Å². The van der Waals surface area contributed by atoms with Crippen LogP contribution in [0.5, 0.6) is 0 Å². The molecule has 0 spiro atoms. The highest BCUT2D eigenvalue weighted by molar-refractivity contribution is 7.98. The average molecular weight is 219 g/mol. The van der Waals surface area contributed by atoms with Gasteiger partial charge in [0.25, 0.3) is 0 Å². The summed E-state index contributed by atoms with van der Waals surface area (Å²) < 4.78 is 0. The van der Waals surface area contributed by atoms with Gasteiger partial charge in [-0.1, -0.05) is 11.8 Å². The van der Waals surface area contributed by atoms with Crippen LogP contribution >= 0.6 is 11.8 Å². The van der Waals surface area contributed by atoms with Crippen molar-refractivity contribution >= 4 is 17.6 Å². The highest BCUT2D eigenvalue weighted by Crippen LogP contribution is 2.22. The molecule has 6 heteroatoms. The summed E-state index contributed by atoms with van der Waals surface area (Å²) in [6.07, 6.45) is 6.61. The molecule has 0 unspecified atom stereocenters. The highest BCUT2D eigenvalue weighted by atomic mass is 32.2. The van der Waals surface area contributed by atoms with Crippen LogP contribution in [0.4, 0.5) is 5.82 Å². The number of hydrogen-bond donors (Lipinski definition) is 1. The fraction of sp³-hybridized carbons (Fsp3) is 0.111. The SMILES string of the molecule is Nc1nccnc1SCc1ncccn1. The molecule has 0 saturated carbocycles. The Hall–Kier alpha value is -1.69. The number of thioether (sulfide) groups is 1. The van der Waals surface area contributed by atoms with Crippen molar-refractivity contribution < 1.29 is 0 Å². The maximum absolute atomic E-state index is 5.65. The van der Waals surface area contributed by atoms with Crippen LogP contribution in [0.3, 0.4) is 0 Å². The maximum atomic E-state index is 5.65. The van der Waals surface area contributed by atoms with E-state index in [1.807, 2.05) is 0 Å². The molecule has 2 aromatic heterocycles. The molecule has 2 heterocycles. The van der Waals surface area contributed by atoms with Gasteiger partial charge in [0.05, 0.1) is 5.75 Å². The van der Waals surface area contributed by atoms with Crippen molar-refractivity contribution in [3.63, 3.8) is 0 Å². The first kappa shape index (κ1) is 9.85. The lowest BCUT2D eigenvalue weighted by molar-refractivity contribution is 1.02. The lowest BCUT2D eigenvalue weighted by Gasteiger charge is -2.01. The zero-order valence-electron chi connectivity index (χ0n) is 7.87. The van der Waals surface area contributed by atoms with Gasteiger partial charge in [-0.25, -0.2) is 19.9 Å². The lowest BCUT2D eigenvalue weighted by Crippen LogP contribution is -1.96. The molecular formula is C9H9N5S. The van der Waals surface area contributed by atoms with Gasteiger partial charge in [0.15, 0.2) is 5.82 Å². The van der Waals surface area contributed by atoms with Gasteiger partial charge in [0.1, 0.15) is 10.9 Å². The largest absolute Gasteiger partial charge is 0.381 e. The molecule has 0 radical (unpaired) electrons. The molecule has 15 heavy (non-hydrogen) atoms. The fourth-order valence-electron chi connectivity index (χ4n) is 0.985. The smallest absolute Gasteiger partial charge is 0.156 e. The molecule has 0 bridgehead atoms. The second kappa shape index (κ2) is 4.70. The van der Waals surface area contributed by atoms with Gasteiger partial charge in [-0.15, -0.1) is 0 Å². The van der Waals surface area contributed by atoms with Gasteiger partial charge in [-0.3, -0.25) is 0 Å². The third-order valence-electron chi connectivity index (χ3n) is 1.65. The van der Waals surface area contributed by atoms with E-state index in [4.69, 9.17) is 5.73 Å². The fourth-order valence-corrected chi connectivity index (χ4v) is 1.74. The summed E-state index contributed by atoms with van der Waals surface area (Å²) >= 11 is 1.48. The number of nitrogen functional groups attached to an aromatic ring is 1. The van der Waals surface area contributed by atoms with Crippen LogP contribution < -0.4 is 5.73 Å². The van der Waals surface area contributed by atoms with Crippen molar-refractivity contribution in [2.45, 2.75) is 10.8 Å². The first-order valence-corrected chi connectivity index (χ1v) is 5.30. The predicted octanol–water partition coefficient (Wildman–Crippen LogP) is 1.14. The Morgan fingerprint density at radius 1 is 1.00 bits per heavy atom. The van der Waals surface area contributed by atoms with Crippen LogP contribution in [0.2, 0.25) is 0 Å². The Morgan fingerprint density at radius 3 is 2.47 bits per heavy atom. The molecule has 2 rings (SSSR count). The van der Waals surface area contributed by atoms with Crippen LogP contribution in [0, 0.1) is 0 Å². The topological polar surface area (TPSA) is 77.6 Å². The van der Waals surface area contributed by atoms with Crippen molar-refractivity contribution in [1.29, 1.82) is 0 Å². The van der Waals surface area contributed by atoms with E-state index in [9.17, 15) is 0 Å². The van der Waals surface area contributed by atoms with Gasteiger partial charge in [0, 0.05) is 24.8 Å². The molecule has 0 aliphatic heterocycles. The Kier molecular flexibility index (Phi) is 3.08. The van der Waals surface area contributed by atoms with Crippen molar-refractivity contribution in [2.24, 2.45) is 0 Å². The Bertz CT molecular complexity index is 434. The molecule has 0 aliphatic carbocycles. The summed E-state index contributed by atoms with van der Waals surface area (Å²) in [7, 11) is 0.